The summed E-state index contributed by atoms with van der Waals surface area (Å²) >= 11 is 0. The Kier molecular flexibility index (Phi) is 5.86. The lowest BCUT2D eigenvalue weighted by atomic mass is 9.90. The van der Waals surface area contributed by atoms with Gasteiger partial charge in [0.2, 0.25) is 0 Å². The van der Waals surface area contributed by atoms with Gasteiger partial charge in [0, 0.05) is 11.5 Å². The predicted octanol–water partition coefficient (Wildman–Crippen LogP) is 5.67. The first-order chi connectivity index (χ1) is 10.2. The van der Waals surface area contributed by atoms with Crippen molar-refractivity contribution in [1.29, 1.82) is 0 Å². The molecule has 0 fully saturated rings. The lowest BCUT2D eigenvalue weighted by Crippen LogP contribution is -1.98. The Morgan fingerprint density at radius 3 is 2.43 bits per heavy atom. The third-order valence-corrected chi connectivity index (χ3v) is 4.18. The molecule has 0 saturated carbocycles. The molecule has 2 rings (SSSR count). The minimum atomic E-state index is 0.224. The van der Waals surface area contributed by atoms with Crippen LogP contribution in [0.3, 0.4) is 0 Å². The molecule has 0 aliphatic heterocycles. The molecule has 0 amide bonds. The molecule has 0 aromatic heterocycles. The fourth-order valence-corrected chi connectivity index (χ4v) is 2.78. The van der Waals surface area contributed by atoms with Gasteiger partial charge in [-0.3, -0.25) is 0 Å². The van der Waals surface area contributed by atoms with Gasteiger partial charge in [0.25, 0.3) is 0 Å². The summed E-state index contributed by atoms with van der Waals surface area (Å²) in [4.78, 5) is 0. The summed E-state index contributed by atoms with van der Waals surface area (Å²) < 4.78 is 0. The van der Waals surface area contributed by atoms with Crippen molar-refractivity contribution in [3.05, 3.63) is 65.2 Å². The van der Waals surface area contributed by atoms with Gasteiger partial charge in [0.15, 0.2) is 0 Å². The predicted molar refractivity (Wildman–Crippen MR) is 89.9 cm³/mol. The van der Waals surface area contributed by atoms with Gasteiger partial charge in [-0.15, -0.1) is 0 Å². The molecule has 21 heavy (non-hydrogen) atoms. The first-order valence-corrected chi connectivity index (χ1v) is 8.09. The second-order valence-electron chi connectivity index (χ2n) is 5.84. The van der Waals surface area contributed by atoms with Crippen LogP contribution in [0.25, 0.3) is 0 Å². The normalized spacial score (nSPS) is 12.3. The van der Waals surface area contributed by atoms with Gasteiger partial charge < -0.3 is 5.11 Å². The van der Waals surface area contributed by atoms with E-state index in [1.165, 1.54) is 36.8 Å². The second-order valence-corrected chi connectivity index (χ2v) is 5.84. The monoisotopic (exact) mass is 282 g/mol. The van der Waals surface area contributed by atoms with E-state index in [9.17, 15) is 5.11 Å². The van der Waals surface area contributed by atoms with Crippen LogP contribution in [0.5, 0.6) is 5.75 Å². The van der Waals surface area contributed by atoms with Crippen molar-refractivity contribution in [2.75, 3.05) is 0 Å². The highest BCUT2D eigenvalue weighted by Crippen LogP contribution is 2.31. The van der Waals surface area contributed by atoms with Crippen molar-refractivity contribution in [3.63, 3.8) is 0 Å². The van der Waals surface area contributed by atoms with E-state index in [-0.39, 0.29) is 5.92 Å². The number of phenolic OH excluding ortho intramolecular Hbond substituents is 1. The SMILES string of the molecule is CCCCCCc1ccc(O)c(C(C)c2ccccc2)c1. The maximum absolute atomic E-state index is 10.2. The highest BCUT2D eigenvalue weighted by atomic mass is 16.3. The highest BCUT2D eigenvalue weighted by molar-refractivity contribution is 5.43. The van der Waals surface area contributed by atoms with Gasteiger partial charge in [0.1, 0.15) is 5.75 Å². The van der Waals surface area contributed by atoms with E-state index in [2.05, 4.69) is 50.2 Å². The molecule has 1 N–H and O–H groups in total. The number of aromatic hydroxyl groups is 1. The molecule has 0 saturated heterocycles. The molecule has 0 bridgehead atoms. The number of phenols is 1. The van der Waals surface area contributed by atoms with Gasteiger partial charge >= 0.3 is 0 Å². The Balaban J connectivity index is 2.11. The van der Waals surface area contributed by atoms with Crippen molar-refractivity contribution >= 4 is 0 Å². The average Bonchev–Trinajstić information content (AvgIpc) is 2.53. The van der Waals surface area contributed by atoms with Crippen LogP contribution in [0.1, 0.15) is 62.1 Å². The van der Waals surface area contributed by atoms with Crippen LogP contribution < -0.4 is 0 Å². The summed E-state index contributed by atoms with van der Waals surface area (Å²) in [7, 11) is 0. The zero-order valence-electron chi connectivity index (χ0n) is 13.2. The maximum atomic E-state index is 10.2. The number of rotatable bonds is 7. The minimum Gasteiger partial charge on any atom is -0.508 e. The third-order valence-electron chi connectivity index (χ3n) is 4.18. The average molecular weight is 282 g/mol. The molecule has 0 spiro atoms. The summed E-state index contributed by atoms with van der Waals surface area (Å²) in [5, 5.41) is 10.2. The Bertz CT molecular complexity index is 545. The largest absolute Gasteiger partial charge is 0.508 e. The molecule has 1 heteroatoms. The van der Waals surface area contributed by atoms with Crippen molar-refractivity contribution in [3.8, 4) is 5.75 Å². The first-order valence-electron chi connectivity index (χ1n) is 8.09. The van der Waals surface area contributed by atoms with E-state index >= 15 is 0 Å². The molecular weight excluding hydrogens is 256 g/mol. The number of aryl methyl sites for hydroxylation is 1. The molecule has 1 nitrogen and oxygen atoms in total. The number of benzene rings is 2. The van der Waals surface area contributed by atoms with E-state index in [0.717, 1.165) is 12.0 Å². The number of unbranched alkanes of at least 4 members (excludes halogenated alkanes) is 3. The van der Waals surface area contributed by atoms with E-state index < -0.39 is 0 Å². The molecular formula is C20H26O. The van der Waals surface area contributed by atoms with Crippen LogP contribution in [0.2, 0.25) is 0 Å². The topological polar surface area (TPSA) is 20.2 Å². The van der Waals surface area contributed by atoms with Crippen LogP contribution >= 0.6 is 0 Å². The Labute approximate surface area is 128 Å². The summed E-state index contributed by atoms with van der Waals surface area (Å²) in [5.41, 5.74) is 3.62. The highest BCUT2D eigenvalue weighted by Gasteiger charge is 2.13. The first kappa shape index (κ1) is 15.6. The van der Waals surface area contributed by atoms with Crippen LogP contribution in [0.15, 0.2) is 48.5 Å². The van der Waals surface area contributed by atoms with Gasteiger partial charge in [-0.05, 0) is 30.0 Å². The van der Waals surface area contributed by atoms with Crippen LogP contribution in [0.4, 0.5) is 0 Å². The summed E-state index contributed by atoms with van der Waals surface area (Å²) in [6.07, 6.45) is 6.21. The van der Waals surface area contributed by atoms with Crippen molar-refractivity contribution < 1.29 is 5.11 Å². The van der Waals surface area contributed by atoms with Crippen molar-refractivity contribution in [1.82, 2.24) is 0 Å². The minimum absolute atomic E-state index is 0.224. The van der Waals surface area contributed by atoms with Gasteiger partial charge in [-0.25, -0.2) is 0 Å². The zero-order valence-corrected chi connectivity index (χ0v) is 13.2. The van der Waals surface area contributed by atoms with E-state index in [4.69, 9.17) is 0 Å². The maximum Gasteiger partial charge on any atom is 0.119 e. The Morgan fingerprint density at radius 2 is 1.71 bits per heavy atom. The standard InChI is InChI=1S/C20H26O/c1-3-4-5-7-10-17-13-14-20(21)19(15-17)16(2)18-11-8-6-9-12-18/h6,8-9,11-16,21H,3-5,7,10H2,1-2H3. The molecule has 2 aromatic rings. The van der Waals surface area contributed by atoms with Gasteiger partial charge in [0.05, 0.1) is 0 Å². The molecule has 1 unspecified atom stereocenters. The van der Waals surface area contributed by atoms with E-state index in [0.29, 0.717) is 5.75 Å². The van der Waals surface area contributed by atoms with E-state index in [1.807, 2.05) is 12.1 Å². The molecule has 0 aliphatic carbocycles. The fraction of sp³-hybridized carbons (Fsp3) is 0.400. The fourth-order valence-electron chi connectivity index (χ4n) is 2.78. The van der Waals surface area contributed by atoms with E-state index in [1.54, 1.807) is 0 Å². The lowest BCUT2D eigenvalue weighted by molar-refractivity contribution is 0.465. The molecule has 2 aromatic carbocycles. The Hall–Kier alpha value is -1.76. The molecule has 0 radical (unpaired) electrons. The number of hydrogen-bond donors (Lipinski definition) is 1. The van der Waals surface area contributed by atoms with Crippen molar-refractivity contribution in [2.24, 2.45) is 0 Å². The molecule has 0 heterocycles. The molecule has 112 valence electrons. The second kappa shape index (κ2) is 7.87. The molecule has 1 atom stereocenters. The van der Waals surface area contributed by atoms with Gasteiger partial charge in [-0.2, -0.15) is 0 Å². The summed E-state index contributed by atoms with van der Waals surface area (Å²) in [6.45, 7) is 4.39. The van der Waals surface area contributed by atoms with Crippen LogP contribution in [-0.2, 0) is 6.42 Å². The Morgan fingerprint density at radius 1 is 0.952 bits per heavy atom. The number of hydrogen-bond acceptors (Lipinski definition) is 1. The van der Waals surface area contributed by atoms with Gasteiger partial charge in [-0.1, -0.05) is 75.6 Å². The van der Waals surface area contributed by atoms with Crippen LogP contribution in [-0.4, -0.2) is 5.11 Å². The van der Waals surface area contributed by atoms with Crippen molar-refractivity contribution in [2.45, 2.75) is 51.9 Å². The van der Waals surface area contributed by atoms with Crippen LogP contribution in [0, 0.1) is 0 Å². The summed E-state index contributed by atoms with van der Waals surface area (Å²) in [6, 6.07) is 16.5. The zero-order chi connectivity index (χ0) is 15.1. The smallest absolute Gasteiger partial charge is 0.119 e. The quantitative estimate of drug-likeness (QED) is 0.649. The summed E-state index contributed by atoms with van der Waals surface area (Å²) in [5.74, 6) is 0.630. The molecule has 0 aliphatic rings. The lowest BCUT2D eigenvalue weighted by Gasteiger charge is -2.15. The third kappa shape index (κ3) is 4.35.